The molecule has 0 fully saturated rings. The van der Waals surface area contributed by atoms with Gasteiger partial charge in [0, 0.05) is 19.5 Å². The Hall–Kier alpha value is -2.58. The predicted molar refractivity (Wildman–Crippen MR) is 99.1 cm³/mol. The van der Waals surface area contributed by atoms with Crippen molar-refractivity contribution in [2.45, 2.75) is 19.5 Å². The number of benzene rings is 3. The first-order chi connectivity index (χ1) is 11.9. The summed E-state index contributed by atoms with van der Waals surface area (Å²) in [5, 5.41) is 3.47. The van der Waals surface area contributed by atoms with Crippen molar-refractivity contribution >= 4 is 0 Å². The Bertz CT molecular complexity index is 664. The average molecular weight is 317 g/mol. The summed E-state index contributed by atoms with van der Waals surface area (Å²) in [6.07, 6.45) is 0.928. The van der Waals surface area contributed by atoms with Gasteiger partial charge in [0.1, 0.15) is 5.75 Å². The van der Waals surface area contributed by atoms with Gasteiger partial charge in [-0.15, -0.1) is 0 Å². The quantitative estimate of drug-likeness (QED) is 0.655. The van der Waals surface area contributed by atoms with Crippen molar-refractivity contribution in [3.8, 4) is 5.75 Å². The van der Waals surface area contributed by atoms with Crippen LogP contribution in [0.15, 0.2) is 84.9 Å². The molecule has 0 aliphatic carbocycles. The van der Waals surface area contributed by atoms with Crippen LogP contribution in [0, 0.1) is 0 Å². The maximum Gasteiger partial charge on any atom is 0.119 e. The van der Waals surface area contributed by atoms with Crippen molar-refractivity contribution in [2.75, 3.05) is 6.61 Å². The third-order valence-electron chi connectivity index (χ3n) is 3.90. The van der Waals surface area contributed by atoms with Crippen LogP contribution in [0.1, 0.15) is 16.7 Å². The highest BCUT2D eigenvalue weighted by molar-refractivity contribution is 5.28. The molecule has 0 unspecified atom stereocenters. The Kier molecular flexibility index (Phi) is 6.04. The van der Waals surface area contributed by atoms with Gasteiger partial charge in [0.2, 0.25) is 0 Å². The number of hydrogen-bond donors (Lipinski definition) is 1. The highest BCUT2D eigenvalue weighted by Gasteiger charge is 1.99. The van der Waals surface area contributed by atoms with Gasteiger partial charge in [-0.3, -0.25) is 0 Å². The fourth-order valence-electron chi connectivity index (χ4n) is 2.62. The number of ether oxygens (including phenoxy) is 1. The average Bonchev–Trinajstić information content (AvgIpc) is 2.64. The Morgan fingerprint density at radius 1 is 0.625 bits per heavy atom. The molecule has 0 amide bonds. The molecule has 3 rings (SSSR count). The van der Waals surface area contributed by atoms with Gasteiger partial charge < -0.3 is 10.1 Å². The Balaban J connectivity index is 1.45. The lowest BCUT2D eigenvalue weighted by Crippen LogP contribution is -2.12. The van der Waals surface area contributed by atoms with E-state index in [0.29, 0.717) is 6.61 Å². The van der Waals surface area contributed by atoms with Gasteiger partial charge in [0.25, 0.3) is 0 Å². The first-order valence-electron chi connectivity index (χ1n) is 8.40. The molecule has 0 saturated heterocycles. The third kappa shape index (κ3) is 5.25. The topological polar surface area (TPSA) is 21.3 Å². The van der Waals surface area contributed by atoms with Gasteiger partial charge in [0.15, 0.2) is 0 Å². The Labute approximate surface area is 144 Å². The van der Waals surface area contributed by atoms with Gasteiger partial charge in [0.05, 0.1) is 6.61 Å². The van der Waals surface area contributed by atoms with Crippen LogP contribution in [-0.4, -0.2) is 6.61 Å². The summed E-state index contributed by atoms with van der Waals surface area (Å²) in [6.45, 7) is 2.41. The van der Waals surface area contributed by atoms with E-state index in [1.165, 1.54) is 16.7 Å². The molecule has 122 valence electrons. The normalized spacial score (nSPS) is 10.5. The van der Waals surface area contributed by atoms with Crippen molar-refractivity contribution in [3.63, 3.8) is 0 Å². The lowest BCUT2D eigenvalue weighted by atomic mass is 10.1. The number of hydrogen-bond acceptors (Lipinski definition) is 2. The van der Waals surface area contributed by atoms with Crippen molar-refractivity contribution in [3.05, 3.63) is 102 Å². The minimum absolute atomic E-state index is 0.699. The van der Waals surface area contributed by atoms with E-state index in [9.17, 15) is 0 Å². The maximum absolute atomic E-state index is 5.89. The summed E-state index contributed by atoms with van der Waals surface area (Å²) >= 11 is 0. The summed E-state index contributed by atoms with van der Waals surface area (Å²) in [6, 6.07) is 29.2. The molecule has 1 N–H and O–H groups in total. The van der Waals surface area contributed by atoms with Crippen LogP contribution in [-0.2, 0) is 19.5 Å². The van der Waals surface area contributed by atoms with Gasteiger partial charge in [-0.05, 0) is 28.8 Å². The maximum atomic E-state index is 5.89. The summed E-state index contributed by atoms with van der Waals surface area (Å²) in [5.74, 6) is 0.935. The zero-order chi connectivity index (χ0) is 16.5. The molecule has 0 aliphatic rings. The van der Waals surface area contributed by atoms with E-state index >= 15 is 0 Å². The van der Waals surface area contributed by atoms with Crippen LogP contribution < -0.4 is 10.1 Å². The summed E-state index contributed by atoms with van der Waals surface area (Å²) in [4.78, 5) is 0. The lowest BCUT2D eigenvalue weighted by Gasteiger charge is -2.09. The van der Waals surface area contributed by atoms with Crippen LogP contribution in [0.5, 0.6) is 5.75 Å². The van der Waals surface area contributed by atoms with E-state index in [4.69, 9.17) is 4.74 Å². The fraction of sp³-hybridized carbons (Fsp3) is 0.182. The number of rotatable bonds is 8. The molecular weight excluding hydrogens is 294 g/mol. The van der Waals surface area contributed by atoms with E-state index in [1.54, 1.807) is 0 Å². The van der Waals surface area contributed by atoms with E-state index in [0.717, 1.165) is 25.3 Å². The van der Waals surface area contributed by atoms with Gasteiger partial charge in [-0.1, -0.05) is 72.8 Å². The highest BCUT2D eigenvalue weighted by Crippen LogP contribution is 2.14. The van der Waals surface area contributed by atoms with Crippen molar-refractivity contribution < 1.29 is 4.74 Å². The zero-order valence-electron chi connectivity index (χ0n) is 13.8. The molecule has 0 aromatic heterocycles. The second-order valence-electron chi connectivity index (χ2n) is 5.82. The van der Waals surface area contributed by atoms with Crippen LogP contribution >= 0.6 is 0 Å². The van der Waals surface area contributed by atoms with Crippen LogP contribution in [0.3, 0.4) is 0 Å². The molecule has 0 radical (unpaired) electrons. The highest BCUT2D eigenvalue weighted by atomic mass is 16.5. The van der Waals surface area contributed by atoms with Crippen LogP contribution in [0.25, 0.3) is 0 Å². The molecular formula is C22H23NO. The lowest BCUT2D eigenvalue weighted by molar-refractivity contribution is 0.321. The van der Waals surface area contributed by atoms with E-state index < -0.39 is 0 Å². The summed E-state index contributed by atoms with van der Waals surface area (Å²) < 4.78 is 5.89. The molecule has 2 nitrogen and oxygen atoms in total. The summed E-state index contributed by atoms with van der Waals surface area (Å²) in [7, 11) is 0. The predicted octanol–water partition coefficient (Wildman–Crippen LogP) is 4.60. The number of nitrogens with one attached hydrogen (secondary N) is 1. The molecule has 0 saturated carbocycles. The molecule has 0 aliphatic heterocycles. The monoisotopic (exact) mass is 317 g/mol. The second kappa shape index (κ2) is 8.90. The fourth-order valence-corrected chi connectivity index (χ4v) is 2.62. The van der Waals surface area contributed by atoms with E-state index in [-0.39, 0.29) is 0 Å². The van der Waals surface area contributed by atoms with Crippen molar-refractivity contribution in [2.24, 2.45) is 0 Å². The zero-order valence-corrected chi connectivity index (χ0v) is 13.8. The van der Waals surface area contributed by atoms with Crippen molar-refractivity contribution in [1.82, 2.24) is 5.32 Å². The minimum atomic E-state index is 0.699. The standard InChI is InChI=1S/C22H23NO/c1-3-8-19(9-4-1)14-15-24-22-13-7-12-21(16-22)18-23-17-20-10-5-2-6-11-20/h1-13,16,23H,14-15,17-18H2. The van der Waals surface area contributed by atoms with E-state index in [1.807, 2.05) is 18.2 Å². The molecule has 24 heavy (non-hydrogen) atoms. The first-order valence-corrected chi connectivity index (χ1v) is 8.40. The van der Waals surface area contributed by atoms with E-state index in [2.05, 4.69) is 72.0 Å². The molecule has 2 heteroatoms. The second-order valence-corrected chi connectivity index (χ2v) is 5.82. The molecule has 3 aromatic carbocycles. The Morgan fingerprint density at radius 3 is 2.00 bits per heavy atom. The molecule has 0 heterocycles. The van der Waals surface area contributed by atoms with Crippen molar-refractivity contribution in [1.29, 1.82) is 0 Å². The van der Waals surface area contributed by atoms with Gasteiger partial charge >= 0.3 is 0 Å². The Morgan fingerprint density at radius 2 is 1.25 bits per heavy atom. The molecule has 0 atom stereocenters. The van der Waals surface area contributed by atoms with Crippen LogP contribution in [0.4, 0.5) is 0 Å². The molecule has 3 aromatic rings. The molecule has 0 bridgehead atoms. The molecule has 0 spiro atoms. The third-order valence-corrected chi connectivity index (χ3v) is 3.90. The minimum Gasteiger partial charge on any atom is -0.493 e. The van der Waals surface area contributed by atoms with Gasteiger partial charge in [-0.2, -0.15) is 0 Å². The SMILES string of the molecule is c1ccc(CCOc2cccc(CNCc3ccccc3)c2)cc1. The van der Waals surface area contributed by atoms with Gasteiger partial charge in [-0.25, -0.2) is 0 Å². The first kappa shape index (κ1) is 16.3. The summed E-state index contributed by atoms with van der Waals surface area (Å²) in [5.41, 5.74) is 3.84. The smallest absolute Gasteiger partial charge is 0.119 e. The van der Waals surface area contributed by atoms with Crippen LogP contribution in [0.2, 0.25) is 0 Å². The largest absolute Gasteiger partial charge is 0.493 e.